The molecule has 16 heavy (non-hydrogen) atoms. The Hall–Kier alpha value is -0.450. The average molecular weight is 275 g/mol. The highest BCUT2D eigenvalue weighted by atomic mass is 35.5. The summed E-state index contributed by atoms with van der Waals surface area (Å²) in [6.07, 6.45) is 0. The van der Waals surface area contributed by atoms with Crippen LogP contribution in [-0.2, 0) is 0 Å². The molecule has 0 fully saturated rings. The third-order valence-electron chi connectivity index (χ3n) is 1.81. The van der Waals surface area contributed by atoms with Crippen LogP contribution in [0.25, 0.3) is 0 Å². The van der Waals surface area contributed by atoms with Crippen LogP contribution in [0.1, 0.15) is 6.92 Å². The Balaban J connectivity index is 2.16. The van der Waals surface area contributed by atoms with Crippen molar-refractivity contribution < 1.29 is 0 Å². The van der Waals surface area contributed by atoms with Crippen molar-refractivity contribution in [1.29, 1.82) is 0 Å². The van der Waals surface area contributed by atoms with Gasteiger partial charge < -0.3 is 10.6 Å². The molecule has 0 spiro atoms. The van der Waals surface area contributed by atoms with Crippen LogP contribution >= 0.6 is 35.6 Å². The van der Waals surface area contributed by atoms with Crippen LogP contribution in [0.2, 0.25) is 5.02 Å². The topological polar surface area (TPSA) is 24.1 Å². The van der Waals surface area contributed by atoms with Crippen LogP contribution in [-0.4, -0.2) is 24.0 Å². The summed E-state index contributed by atoms with van der Waals surface area (Å²) >= 11 is 12.6. The van der Waals surface area contributed by atoms with Crippen LogP contribution < -0.4 is 10.6 Å². The highest BCUT2D eigenvalue weighted by Crippen LogP contribution is 2.19. The predicted molar refractivity (Wildman–Crippen MR) is 76.5 cm³/mol. The summed E-state index contributed by atoms with van der Waals surface area (Å²) < 4.78 is 0. The minimum absolute atomic E-state index is 0.721. The minimum atomic E-state index is 0.721. The Bertz CT molecular complexity index is 327. The van der Waals surface area contributed by atoms with Gasteiger partial charge >= 0.3 is 0 Å². The molecule has 1 aromatic carbocycles. The standard InChI is InChI=1S/C11H15ClN2S2/c1-2-13-11(15)14-7-8-16-10-5-3-9(12)4-6-10/h3-6H,2,7-8H2,1H3,(H2,13,14,15). The first-order valence-corrected chi connectivity index (χ1v) is 6.89. The third kappa shape index (κ3) is 5.58. The molecule has 0 radical (unpaired) electrons. The molecule has 0 aromatic heterocycles. The minimum Gasteiger partial charge on any atom is -0.363 e. The quantitative estimate of drug-likeness (QED) is 0.490. The Morgan fingerprint density at radius 1 is 1.31 bits per heavy atom. The summed E-state index contributed by atoms with van der Waals surface area (Å²) in [5, 5.41) is 7.68. The number of thiocarbonyl (C=S) groups is 1. The van der Waals surface area contributed by atoms with Gasteiger partial charge in [-0.05, 0) is 43.4 Å². The van der Waals surface area contributed by atoms with Crippen molar-refractivity contribution in [2.24, 2.45) is 0 Å². The lowest BCUT2D eigenvalue weighted by Gasteiger charge is -2.08. The van der Waals surface area contributed by atoms with Crippen LogP contribution in [0.5, 0.6) is 0 Å². The lowest BCUT2D eigenvalue weighted by molar-refractivity contribution is 0.887. The average Bonchev–Trinajstić information content (AvgIpc) is 2.27. The van der Waals surface area contributed by atoms with Crippen LogP contribution in [0.3, 0.4) is 0 Å². The van der Waals surface area contributed by atoms with E-state index in [0.717, 1.165) is 29.0 Å². The van der Waals surface area contributed by atoms with Crippen molar-refractivity contribution in [1.82, 2.24) is 10.6 Å². The van der Waals surface area contributed by atoms with Gasteiger partial charge in [0.2, 0.25) is 0 Å². The highest BCUT2D eigenvalue weighted by Gasteiger charge is 1.95. The lowest BCUT2D eigenvalue weighted by Crippen LogP contribution is -2.36. The molecule has 0 unspecified atom stereocenters. The second-order valence-electron chi connectivity index (χ2n) is 3.09. The van der Waals surface area contributed by atoms with Gasteiger partial charge in [-0.25, -0.2) is 0 Å². The first kappa shape index (κ1) is 13.6. The van der Waals surface area contributed by atoms with Crippen molar-refractivity contribution in [2.45, 2.75) is 11.8 Å². The SMILES string of the molecule is CCNC(=S)NCCSc1ccc(Cl)cc1. The molecular formula is C11H15ClN2S2. The van der Waals surface area contributed by atoms with E-state index in [1.165, 1.54) is 4.90 Å². The van der Waals surface area contributed by atoms with Gasteiger partial charge in [0.05, 0.1) is 0 Å². The Morgan fingerprint density at radius 2 is 2.00 bits per heavy atom. The number of hydrogen-bond donors (Lipinski definition) is 2. The molecule has 0 atom stereocenters. The van der Waals surface area contributed by atoms with Gasteiger partial charge in [0.25, 0.3) is 0 Å². The van der Waals surface area contributed by atoms with Crippen molar-refractivity contribution in [2.75, 3.05) is 18.8 Å². The lowest BCUT2D eigenvalue weighted by atomic mass is 10.4. The van der Waals surface area contributed by atoms with Crippen molar-refractivity contribution in [3.63, 3.8) is 0 Å². The van der Waals surface area contributed by atoms with Crippen LogP contribution in [0, 0.1) is 0 Å². The van der Waals surface area contributed by atoms with E-state index in [1.54, 1.807) is 11.8 Å². The molecule has 0 saturated carbocycles. The molecule has 0 saturated heterocycles. The van der Waals surface area contributed by atoms with Gasteiger partial charge in [0.15, 0.2) is 5.11 Å². The van der Waals surface area contributed by atoms with Gasteiger partial charge in [-0.3, -0.25) is 0 Å². The number of benzene rings is 1. The highest BCUT2D eigenvalue weighted by molar-refractivity contribution is 7.99. The van der Waals surface area contributed by atoms with Gasteiger partial charge in [-0.1, -0.05) is 11.6 Å². The summed E-state index contributed by atoms with van der Waals surface area (Å²) in [6.45, 7) is 3.74. The molecule has 1 rings (SSSR count). The summed E-state index contributed by atoms with van der Waals surface area (Å²) in [5.41, 5.74) is 0. The van der Waals surface area contributed by atoms with E-state index in [0.29, 0.717) is 0 Å². The summed E-state index contributed by atoms with van der Waals surface area (Å²) in [5.74, 6) is 0.979. The van der Waals surface area contributed by atoms with Gasteiger partial charge in [-0.2, -0.15) is 0 Å². The second kappa shape index (κ2) is 7.76. The molecule has 2 nitrogen and oxygen atoms in total. The first-order valence-electron chi connectivity index (χ1n) is 5.12. The molecular weight excluding hydrogens is 260 g/mol. The molecule has 0 heterocycles. The fourth-order valence-electron chi connectivity index (χ4n) is 1.09. The molecule has 0 aliphatic carbocycles. The smallest absolute Gasteiger partial charge is 0.166 e. The maximum atomic E-state index is 5.80. The predicted octanol–water partition coefficient (Wildman–Crippen LogP) is 2.92. The first-order chi connectivity index (χ1) is 7.72. The zero-order valence-electron chi connectivity index (χ0n) is 9.13. The normalized spacial score (nSPS) is 9.88. The van der Waals surface area contributed by atoms with Crippen molar-refractivity contribution >= 4 is 40.7 Å². The Morgan fingerprint density at radius 3 is 2.62 bits per heavy atom. The largest absolute Gasteiger partial charge is 0.363 e. The van der Waals surface area contributed by atoms with E-state index >= 15 is 0 Å². The summed E-state index contributed by atoms with van der Waals surface area (Å²) in [7, 11) is 0. The maximum absolute atomic E-state index is 5.80. The Labute approximate surface area is 111 Å². The number of halogens is 1. The molecule has 88 valence electrons. The van der Waals surface area contributed by atoms with Gasteiger partial charge in [0.1, 0.15) is 0 Å². The molecule has 0 bridgehead atoms. The number of rotatable bonds is 5. The van der Waals surface area contributed by atoms with Crippen LogP contribution in [0.15, 0.2) is 29.2 Å². The number of hydrogen-bond acceptors (Lipinski definition) is 2. The molecule has 1 aromatic rings. The van der Waals surface area contributed by atoms with E-state index in [-0.39, 0.29) is 0 Å². The molecule has 0 aliphatic rings. The van der Waals surface area contributed by atoms with Crippen molar-refractivity contribution in [3.8, 4) is 0 Å². The van der Waals surface area contributed by atoms with E-state index in [1.807, 2.05) is 31.2 Å². The number of nitrogens with one attached hydrogen (secondary N) is 2. The molecule has 0 aliphatic heterocycles. The second-order valence-corrected chi connectivity index (χ2v) is 5.10. The molecule has 2 N–H and O–H groups in total. The Kier molecular flexibility index (Phi) is 6.61. The van der Waals surface area contributed by atoms with Crippen LogP contribution in [0.4, 0.5) is 0 Å². The summed E-state index contributed by atoms with van der Waals surface area (Å²) in [4.78, 5) is 1.22. The molecule has 0 amide bonds. The van der Waals surface area contributed by atoms with Crippen molar-refractivity contribution in [3.05, 3.63) is 29.3 Å². The van der Waals surface area contributed by atoms with Gasteiger partial charge in [0, 0.05) is 28.8 Å². The van der Waals surface area contributed by atoms with E-state index < -0.39 is 0 Å². The third-order valence-corrected chi connectivity index (χ3v) is 3.36. The fraction of sp³-hybridized carbons (Fsp3) is 0.364. The van der Waals surface area contributed by atoms with Gasteiger partial charge in [-0.15, -0.1) is 11.8 Å². The fourth-order valence-corrected chi connectivity index (χ4v) is 2.23. The monoisotopic (exact) mass is 274 g/mol. The summed E-state index contributed by atoms with van der Waals surface area (Å²) in [6, 6.07) is 7.85. The zero-order chi connectivity index (χ0) is 11.8. The number of thioether (sulfide) groups is 1. The van der Waals surface area contributed by atoms with E-state index in [4.69, 9.17) is 23.8 Å². The van der Waals surface area contributed by atoms with E-state index in [9.17, 15) is 0 Å². The zero-order valence-corrected chi connectivity index (χ0v) is 11.5. The maximum Gasteiger partial charge on any atom is 0.166 e. The van der Waals surface area contributed by atoms with E-state index in [2.05, 4.69) is 10.6 Å². The molecule has 5 heteroatoms.